The first kappa shape index (κ1) is 19.1. The second kappa shape index (κ2) is 8.82. The standard InChI is InChI=1S/C19H14BrCl2N3S/c1-2-9-23-19-25(24-11-15-16(21)7-4-8-17(15)22)18(12-26-19)13-5-3-6-14(20)10-13/h2-8,10-12H,1,9H2/b23-19?,24-11+. The van der Waals surface area contributed by atoms with Crippen molar-refractivity contribution in [2.75, 3.05) is 6.54 Å². The number of hydrogen-bond donors (Lipinski definition) is 0. The lowest BCUT2D eigenvalue weighted by atomic mass is 10.2. The molecule has 0 aliphatic rings. The van der Waals surface area contributed by atoms with Gasteiger partial charge in [-0.25, -0.2) is 4.68 Å². The van der Waals surface area contributed by atoms with Gasteiger partial charge in [0.15, 0.2) is 0 Å². The largest absolute Gasteiger partial charge is 0.253 e. The fourth-order valence-electron chi connectivity index (χ4n) is 2.26. The highest BCUT2D eigenvalue weighted by Gasteiger charge is 2.09. The monoisotopic (exact) mass is 465 g/mol. The molecule has 3 aromatic rings. The highest BCUT2D eigenvalue weighted by atomic mass is 79.9. The lowest BCUT2D eigenvalue weighted by molar-refractivity contribution is 0.840. The van der Waals surface area contributed by atoms with Crippen molar-refractivity contribution in [3.8, 4) is 11.3 Å². The summed E-state index contributed by atoms with van der Waals surface area (Å²) in [6.07, 6.45) is 3.41. The van der Waals surface area contributed by atoms with Crippen LogP contribution in [0.4, 0.5) is 0 Å². The van der Waals surface area contributed by atoms with Gasteiger partial charge in [0.05, 0.1) is 28.5 Å². The van der Waals surface area contributed by atoms with Crippen molar-refractivity contribution >= 4 is 56.7 Å². The van der Waals surface area contributed by atoms with Crippen LogP contribution in [0.5, 0.6) is 0 Å². The first-order valence-electron chi connectivity index (χ1n) is 7.66. The van der Waals surface area contributed by atoms with Crippen LogP contribution in [0.25, 0.3) is 11.3 Å². The summed E-state index contributed by atoms with van der Waals surface area (Å²) in [6, 6.07) is 13.4. The van der Waals surface area contributed by atoms with Gasteiger partial charge in [-0.05, 0) is 24.3 Å². The molecule has 0 N–H and O–H groups in total. The Morgan fingerprint density at radius 3 is 2.58 bits per heavy atom. The summed E-state index contributed by atoms with van der Waals surface area (Å²) in [5.41, 5.74) is 2.63. The maximum Gasteiger partial charge on any atom is 0.206 e. The average Bonchev–Trinajstić information content (AvgIpc) is 3.02. The Bertz CT molecular complexity index is 1020. The molecule has 0 spiro atoms. The summed E-state index contributed by atoms with van der Waals surface area (Å²) in [7, 11) is 0. The molecule has 0 atom stereocenters. The molecule has 0 aliphatic heterocycles. The van der Waals surface area contributed by atoms with Crippen LogP contribution >= 0.6 is 50.5 Å². The van der Waals surface area contributed by atoms with Crippen molar-refractivity contribution in [2.45, 2.75) is 0 Å². The Morgan fingerprint density at radius 1 is 1.15 bits per heavy atom. The van der Waals surface area contributed by atoms with Gasteiger partial charge in [0.2, 0.25) is 4.80 Å². The van der Waals surface area contributed by atoms with Crippen LogP contribution in [-0.4, -0.2) is 17.4 Å². The summed E-state index contributed by atoms with van der Waals surface area (Å²) < 4.78 is 2.78. The molecule has 26 heavy (non-hydrogen) atoms. The van der Waals surface area contributed by atoms with Gasteiger partial charge in [0, 0.05) is 21.0 Å². The van der Waals surface area contributed by atoms with Gasteiger partial charge in [-0.2, -0.15) is 5.10 Å². The van der Waals surface area contributed by atoms with Crippen molar-refractivity contribution in [3.05, 3.63) is 85.4 Å². The summed E-state index contributed by atoms with van der Waals surface area (Å²) in [5.74, 6) is 0. The summed E-state index contributed by atoms with van der Waals surface area (Å²) in [6.45, 7) is 4.24. The highest BCUT2D eigenvalue weighted by molar-refractivity contribution is 9.10. The SMILES string of the molecule is C=CCN=c1scc(-c2cccc(Br)c2)n1/N=C/c1c(Cl)cccc1Cl. The molecule has 0 radical (unpaired) electrons. The molecule has 0 saturated carbocycles. The van der Waals surface area contributed by atoms with Gasteiger partial charge in [-0.3, -0.25) is 4.99 Å². The minimum Gasteiger partial charge on any atom is -0.253 e. The third-order valence-electron chi connectivity index (χ3n) is 3.46. The van der Waals surface area contributed by atoms with Gasteiger partial charge < -0.3 is 0 Å². The number of hydrogen-bond acceptors (Lipinski definition) is 3. The molecule has 0 fully saturated rings. The van der Waals surface area contributed by atoms with E-state index in [9.17, 15) is 0 Å². The van der Waals surface area contributed by atoms with Crippen molar-refractivity contribution < 1.29 is 0 Å². The van der Waals surface area contributed by atoms with E-state index in [4.69, 9.17) is 23.2 Å². The molecule has 0 bridgehead atoms. The van der Waals surface area contributed by atoms with Crippen LogP contribution in [0.3, 0.4) is 0 Å². The van der Waals surface area contributed by atoms with Crippen molar-refractivity contribution in [1.29, 1.82) is 0 Å². The molecule has 3 nitrogen and oxygen atoms in total. The third-order valence-corrected chi connectivity index (χ3v) is 5.47. The quantitative estimate of drug-likeness (QED) is 0.314. The van der Waals surface area contributed by atoms with Crippen LogP contribution in [0, 0.1) is 0 Å². The first-order valence-corrected chi connectivity index (χ1v) is 10.1. The second-order valence-electron chi connectivity index (χ2n) is 5.23. The van der Waals surface area contributed by atoms with E-state index in [1.807, 2.05) is 29.6 Å². The predicted octanol–water partition coefficient (Wildman–Crippen LogP) is 6.25. The first-order chi connectivity index (χ1) is 12.6. The Labute approximate surface area is 174 Å². The lowest BCUT2D eigenvalue weighted by Crippen LogP contribution is -2.12. The Kier molecular flexibility index (Phi) is 6.48. The molecule has 132 valence electrons. The second-order valence-corrected chi connectivity index (χ2v) is 7.80. The number of aromatic nitrogens is 1. The Balaban J connectivity index is 2.13. The van der Waals surface area contributed by atoms with E-state index in [-0.39, 0.29) is 0 Å². The van der Waals surface area contributed by atoms with Crippen molar-refractivity contribution in [3.63, 3.8) is 0 Å². The van der Waals surface area contributed by atoms with E-state index >= 15 is 0 Å². The fourth-order valence-corrected chi connectivity index (χ4v) is 4.00. The zero-order valence-corrected chi connectivity index (χ0v) is 17.5. The topological polar surface area (TPSA) is 29.6 Å². The molecular weight excluding hydrogens is 453 g/mol. The molecule has 1 aromatic heterocycles. The van der Waals surface area contributed by atoms with Crippen molar-refractivity contribution in [1.82, 2.24) is 4.68 Å². The summed E-state index contributed by atoms with van der Waals surface area (Å²) in [4.78, 5) is 5.29. The minimum atomic E-state index is 0.515. The lowest BCUT2D eigenvalue weighted by Gasteiger charge is -2.05. The third kappa shape index (κ3) is 4.35. The van der Waals surface area contributed by atoms with Crippen LogP contribution < -0.4 is 4.80 Å². The predicted molar refractivity (Wildman–Crippen MR) is 116 cm³/mol. The van der Waals surface area contributed by atoms with Gasteiger partial charge in [0.1, 0.15) is 0 Å². The molecule has 7 heteroatoms. The van der Waals surface area contributed by atoms with Crippen LogP contribution in [0.1, 0.15) is 5.56 Å². The fraction of sp³-hybridized carbons (Fsp3) is 0.0526. The highest BCUT2D eigenvalue weighted by Crippen LogP contribution is 2.25. The number of thiazole rings is 1. The van der Waals surface area contributed by atoms with E-state index in [1.54, 1.807) is 35.2 Å². The van der Waals surface area contributed by atoms with Crippen LogP contribution in [-0.2, 0) is 0 Å². The van der Waals surface area contributed by atoms with Gasteiger partial charge in [-0.1, -0.05) is 63.4 Å². The smallest absolute Gasteiger partial charge is 0.206 e. The van der Waals surface area contributed by atoms with E-state index < -0.39 is 0 Å². The normalized spacial score (nSPS) is 12.0. The number of halogens is 3. The molecule has 0 amide bonds. The Hall–Kier alpha value is -1.66. The molecule has 0 saturated heterocycles. The van der Waals surface area contributed by atoms with Gasteiger partial charge in [-0.15, -0.1) is 17.9 Å². The van der Waals surface area contributed by atoms with E-state index in [1.165, 1.54) is 11.3 Å². The molecule has 1 heterocycles. The maximum absolute atomic E-state index is 6.25. The zero-order chi connectivity index (χ0) is 18.5. The maximum atomic E-state index is 6.25. The average molecular weight is 467 g/mol. The summed E-state index contributed by atoms with van der Waals surface area (Å²) >= 11 is 17.5. The van der Waals surface area contributed by atoms with Crippen LogP contribution in [0.15, 0.2) is 75.1 Å². The van der Waals surface area contributed by atoms with E-state index in [0.29, 0.717) is 22.2 Å². The van der Waals surface area contributed by atoms with Gasteiger partial charge >= 0.3 is 0 Å². The number of benzene rings is 2. The van der Waals surface area contributed by atoms with Crippen molar-refractivity contribution in [2.24, 2.45) is 10.1 Å². The zero-order valence-electron chi connectivity index (χ0n) is 13.6. The molecule has 0 unspecified atom stereocenters. The van der Waals surface area contributed by atoms with Gasteiger partial charge in [0.25, 0.3) is 0 Å². The van der Waals surface area contributed by atoms with E-state index in [0.717, 1.165) is 20.5 Å². The van der Waals surface area contributed by atoms with Crippen LogP contribution in [0.2, 0.25) is 10.0 Å². The Morgan fingerprint density at radius 2 is 1.88 bits per heavy atom. The number of rotatable bonds is 5. The minimum absolute atomic E-state index is 0.515. The molecule has 3 rings (SSSR count). The number of nitrogens with zero attached hydrogens (tertiary/aromatic N) is 3. The molecule has 2 aromatic carbocycles. The molecule has 0 aliphatic carbocycles. The molecular formula is C19H14BrCl2N3S. The summed E-state index contributed by atoms with van der Waals surface area (Å²) in [5, 5.41) is 7.72. The van der Waals surface area contributed by atoms with E-state index in [2.05, 4.69) is 32.6 Å².